The molecule has 4 nitrogen and oxygen atoms in total. The topological polar surface area (TPSA) is 51.5 Å². The molecule has 0 spiro atoms. The summed E-state index contributed by atoms with van der Waals surface area (Å²) in [5, 5.41) is 8.94. The number of alkyl halides is 2. The Bertz CT molecular complexity index is 896. The van der Waals surface area contributed by atoms with Crippen molar-refractivity contribution in [1.82, 2.24) is 4.57 Å². The number of carboxylic acid groups (broad SMARTS) is 1. The van der Waals surface area contributed by atoms with E-state index in [1.165, 1.54) is 18.2 Å². The van der Waals surface area contributed by atoms with Gasteiger partial charge in [-0.1, -0.05) is 24.3 Å². The van der Waals surface area contributed by atoms with Crippen LogP contribution >= 0.6 is 0 Å². The fraction of sp³-hybridized carbons (Fsp3) is 0.105. The van der Waals surface area contributed by atoms with Gasteiger partial charge in [-0.2, -0.15) is 8.78 Å². The summed E-state index contributed by atoms with van der Waals surface area (Å²) in [5.41, 5.74) is 2.34. The maximum absolute atomic E-state index is 13.2. The van der Waals surface area contributed by atoms with Gasteiger partial charge in [-0.3, -0.25) is 0 Å². The van der Waals surface area contributed by atoms with Crippen LogP contribution in [0.5, 0.6) is 5.75 Å². The zero-order valence-electron chi connectivity index (χ0n) is 13.3. The van der Waals surface area contributed by atoms with Crippen molar-refractivity contribution in [2.45, 2.75) is 13.0 Å². The van der Waals surface area contributed by atoms with Crippen LogP contribution in [0.1, 0.15) is 17.3 Å². The van der Waals surface area contributed by atoms with Gasteiger partial charge in [0.15, 0.2) is 0 Å². The maximum Gasteiger partial charge on any atom is 0.394 e. The van der Waals surface area contributed by atoms with E-state index in [2.05, 4.69) is 0 Å². The molecule has 128 valence electrons. The molecule has 0 fully saturated rings. The molecule has 1 N–H and O–H groups in total. The fourth-order valence-corrected chi connectivity index (χ4v) is 2.47. The SMILES string of the molecule is CC(F)(F)Oc1ccccc1-n1ccc(-c2ccc(C(=O)O)cc2)c1. The van der Waals surface area contributed by atoms with Gasteiger partial charge in [-0.15, -0.1) is 0 Å². The molecule has 1 aromatic heterocycles. The highest BCUT2D eigenvalue weighted by molar-refractivity contribution is 5.88. The Morgan fingerprint density at radius 3 is 2.36 bits per heavy atom. The van der Waals surface area contributed by atoms with Crippen LogP contribution in [0.15, 0.2) is 67.0 Å². The Hall–Kier alpha value is -3.15. The number of aromatic nitrogens is 1. The van der Waals surface area contributed by atoms with E-state index in [9.17, 15) is 13.6 Å². The quantitative estimate of drug-likeness (QED) is 0.721. The molecule has 3 rings (SSSR count). The Morgan fingerprint density at radius 2 is 1.72 bits per heavy atom. The molecule has 3 aromatic rings. The summed E-state index contributed by atoms with van der Waals surface area (Å²) in [6, 6.07) is 14.8. The van der Waals surface area contributed by atoms with Crippen LogP contribution in [-0.2, 0) is 0 Å². The summed E-state index contributed by atoms with van der Waals surface area (Å²) in [5.74, 6) is -0.922. The Labute approximate surface area is 142 Å². The van der Waals surface area contributed by atoms with Crippen molar-refractivity contribution < 1.29 is 23.4 Å². The molecule has 0 amide bonds. The van der Waals surface area contributed by atoms with Crippen molar-refractivity contribution in [3.63, 3.8) is 0 Å². The number of aromatic carboxylic acids is 1. The zero-order valence-corrected chi connectivity index (χ0v) is 13.3. The van der Waals surface area contributed by atoms with Crippen LogP contribution in [0, 0.1) is 0 Å². The van der Waals surface area contributed by atoms with Gasteiger partial charge >= 0.3 is 12.1 Å². The molecule has 0 saturated carbocycles. The molecule has 0 saturated heterocycles. The van der Waals surface area contributed by atoms with E-state index in [1.807, 2.05) is 6.07 Å². The number of ether oxygens (including phenoxy) is 1. The number of benzene rings is 2. The lowest BCUT2D eigenvalue weighted by Gasteiger charge is -2.16. The number of carbonyl (C=O) groups is 1. The summed E-state index contributed by atoms with van der Waals surface area (Å²) in [6.07, 6.45) is 0.223. The van der Waals surface area contributed by atoms with E-state index in [1.54, 1.807) is 47.3 Å². The predicted molar refractivity (Wildman–Crippen MR) is 89.4 cm³/mol. The second-order valence-corrected chi connectivity index (χ2v) is 5.57. The average molecular weight is 343 g/mol. The number of rotatable bonds is 5. The number of halogens is 2. The van der Waals surface area contributed by atoms with Crippen molar-refractivity contribution in [3.05, 3.63) is 72.6 Å². The zero-order chi connectivity index (χ0) is 18.0. The average Bonchev–Trinajstić information content (AvgIpc) is 3.04. The monoisotopic (exact) mass is 343 g/mol. The van der Waals surface area contributed by atoms with E-state index in [-0.39, 0.29) is 11.3 Å². The van der Waals surface area contributed by atoms with Gasteiger partial charge in [-0.25, -0.2) is 4.79 Å². The predicted octanol–water partition coefficient (Wildman–Crippen LogP) is 4.83. The minimum absolute atomic E-state index is 0.0679. The number of nitrogens with zero attached hydrogens (tertiary/aromatic N) is 1. The van der Waals surface area contributed by atoms with E-state index in [0.717, 1.165) is 11.1 Å². The Morgan fingerprint density at radius 1 is 1.04 bits per heavy atom. The lowest BCUT2D eigenvalue weighted by Crippen LogP contribution is -2.20. The highest BCUT2D eigenvalue weighted by atomic mass is 19.3. The van der Waals surface area contributed by atoms with Gasteiger partial charge in [0.05, 0.1) is 11.3 Å². The van der Waals surface area contributed by atoms with Crippen LogP contribution in [0.4, 0.5) is 8.78 Å². The van der Waals surface area contributed by atoms with E-state index in [0.29, 0.717) is 12.6 Å². The highest BCUT2D eigenvalue weighted by Gasteiger charge is 2.24. The summed E-state index contributed by atoms with van der Waals surface area (Å²) in [6.45, 7) is 0.689. The molecule has 0 radical (unpaired) electrons. The minimum Gasteiger partial charge on any atom is -0.478 e. The number of hydrogen-bond acceptors (Lipinski definition) is 2. The second-order valence-electron chi connectivity index (χ2n) is 5.57. The third kappa shape index (κ3) is 3.85. The molecule has 0 atom stereocenters. The molecule has 6 heteroatoms. The maximum atomic E-state index is 13.2. The van der Waals surface area contributed by atoms with Crippen molar-refractivity contribution >= 4 is 5.97 Å². The molecule has 25 heavy (non-hydrogen) atoms. The number of hydrogen-bond donors (Lipinski definition) is 1. The van der Waals surface area contributed by atoms with Crippen LogP contribution in [-0.4, -0.2) is 21.8 Å². The first kappa shape index (κ1) is 16.7. The highest BCUT2D eigenvalue weighted by Crippen LogP contribution is 2.30. The first-order valence-corrected chi connectivity index (χ1v) is 7.51. The molecule has 0 bridgehead atoms. The van der Waals surface area contributed by atoms with Crippen LogP contribution in [0.2, 0.25) is 0 Å². The van der Waals surface area contributed by atoms with Crippen LogP contribution < -0.4 is 4.74 Å². The van der Waals surface area contributed by atoms with Crippen molar-refractivity contribution in [2.75, 3.05) is 0 Å². The van der Waals surface area contributed by atoms with Crippen LogP contribution in [0.25, 0.3) is 16.8 Å². The first-order chi connectivity index (χ1) is 11.8. The number of carboxylic acids is 1. The molecule has 0 aliphatic rings. The number of para-hydroxylation sites is 2. The summed E-state index contributed by atoms with van der Waals surface area (Å²) < 4.78 is 32.8. The Kier molecular flexibility index (Phi) is 4.27. The van der Waals surface area contributed by atoms with E-state index >= 15 is 0 Å². The van der Waals surface area contributed by atoms with Gasteiger partial charge < -0.3 is 14.4 Å². The van der Waals surface area contributed by atoms with E-state index in [4.69, 9.17) is 9.84 Å². The Balaban J connectivity index is 1.93. The minimum atomic E-state index is -3.28. The van der Waals surface area contributed by atoms with Gasteiger partial charge in [0.25, 0.3) is 0 Å². The molecule has 0 unspecified atom stereocenters. The first-order valence-electron chi connectivity index (χ1n) is 7.51. The standard InChI is InChI=1S/C19H15F2NO3/c1-19(20,21)25-17-5-3-2-4-16(17)22-11-10-15(12-22)13-6-8-14(9-7-13)18(23)24/h2-12H,1H3,(H,23,24). The van der Waals surface area contributed by atoms with Crippen molar-refractivity contribution in [3.8, 4) is 22.6 Å². The van der Waals surface area contributed by atoms with Gasteiger partial charge in [0, 0.05) is 19.3 Å². The largest absolute Gasteiger partial charge is 0.478 e. The summed E-state index contributed by atoms with van der Waals surface area (Å²) in [7, 11) is 0. The van der Waals surface area contributed by atoms with Gasteiger partial charge in [0.2, 0.25) is 0 Å². The molecular formula is C19H15F2NO3. The van der Waals surface area contributed by atoms with Gasteiger partial charge in [-0.05, 0) is 41.5 Å². The normalized spacial score (nSPS) is 11.3. The smallest absolute Gasteiger partial charge is 0.394 e. The lowest BCUT2D eigenvalue weighted by molar-refractivity contribution is -0.158. The lowest BCUT2D eigenvalue weighted by atomic mass is 10.1. The summed E-state index contributed by atoms with van der Waals surface area (Å²) in [4.78, 5) is 10.9. The van der Waals surface area contributed by atoms with E-state index < -0.39 is 12.1 Å². The fourth-order valence-electron chi connectivity index (χ4n) is 2.47. The molecular weight excluding hydrogens is 328 g/mol. The molecule has 0 aliphatic carbocycles. The molecule has 1 heterocycles. The van der Waals surface area contributed by atoms with Gasteiger partial charge in [0.1, 0.15) is 5.75 Å². The third-order valence-electron chi connectivity index (χ3n) is 3.59. The summed E-state index contributed by atoms with van der Waals surface area (Å²) >= 11 is 0. The molecule has 0 aliphatic heterocycles. The van der Waals surface area contributed by atoms with Crippen molar-refractivity contribution in [1.29, 1.82) is 0 Å². The second kappa shape index (κ2) is 6.39. The molecule has 2 aromatic carbocycles. The van der Waals surface area contributed by atoms with Crippen molar-refractivity contribution in [2.24, 2.45) is 0 Å². The third-order valence-corrected chi connectivity index (χ3v) is 3.59. The van der Waals surface area contributed by atoms with Crippen LogP contribution in [0.3, 0.4) is 0 Å².